The molecule has 0 bridgehead atoms. The van der Waals surface area contributed by atoms with Crippen LogP contribution in [0.5, 0.6) is 0 Å². The maximum atomic E-state index is 12.4. The fourth-order valence-electron chi connectivity index (χ4n) is 1.37. The normalized spacial score (nSPS) is 11.6. The van der Waals surface area contributed by atoms with E-state index in [1.54, 1.807) is 18.2 Å². The fourth-order valence-corrected chi connectivity index (χ4v) is 2.91. The van der Waals surface area contributed by atoms with Crippen molar-refractivity contribution in [3.05, 3.63) is 39.8 Å². The Kier molecular flexibility index (Phi) is 4.59. The van der Waals surface area contributed by atoms with Crippen LogP contribution in [0.3, 0.4) is 0 Å². The van der Waals surface area contributed by atoms with Gasteiger partial charge < -0.3 is 5.32 Å². The molecule has 1 aromatic carbocycles. The molecule has 0 spiro atoms. The lowest BCUT2D eigenvalue weighted by Crippen LogP contribution is -2.03. The number of para-hydroxylation sites is 1. The van der Waals surface area contributed by atoms with Crippen molar-refractivity contribution < 1.29 is 13.2 Å². The highest BCUT2D eigenvalue weighted by molar-refractivity contribution is 8.00. The molecule has 0 aliphatic carbocycles. The molecule has 1 aromatic heterocycles. The second-order valence-electron chi connectivity index (χ2n) is 3.46. The number of thiazole rings is 1. The van der Waals surface area contributed by atoms with Crippen LogP contribution in [0, 0.1) is 0 Å². The summed E-state index contributed by atoms with van der Waals surface area (Å²) < 4.78 is 37.7. The molecule has 1 N–H and O–H groups in total. The van der Waals surface area contributed by atoms with Crippen LogP contribution in [0.15, 0.2) is 35.4 Å². The van der Waals surface area contributed by atoms with E-state index in [2.05, 4.69) is 10.3 Å². The summed E-state index contributed by atoms with van der Waals surface area (Å²) in [6.45, 7) is 0.340. The summed E-state index contributed by atoms with van der Waals surface area (Å²) >= 11 is 6.89. The summed E-state index contributed by atoms with van der Waals surface area (Å²) in [4.78, 5) is 4.17. The number of thioether (sulfide) groups is 1. The summed E-state index contributed by atoms with van der Waals surface area (Å²) in [5.41, 5.74) is -3.88. The van der Waals surface area contributed by atoms with Gasteiger partial charge in [-0.3, -0.25) is 0 Å². The summed E-state index contributed by atoms with van der Waals surface area (Å²) in [6.07, 6.45) is 1.51. The molecule has 0 aliphatic heterocycles. The van der Waals surface area contributed by atoms with Gasteiger partial charge in [0.2, 0.25) is 0 Å². The molecule has 0 unspecified atom stereocenters. The first-order valence-electron chi connectivity index (χ1n) is 5.13. The van der Waals surface area contributed by atoms with Crippen molar-refractivity contribution in [3.8, 4) is 0 Å². The monoisotopic (exact) mass is 324 g/mol. The standard InChI is InChI=1S/C11H8ClF3N2S2/c12-9-5-17-10(18-9)6-16-7-3-1-2-4-8(7)19-11(13,14)15/h1-5,16H,6H2. The first-order valence-corrected chi connectivity index (χ1v) is 7.14. The average molecular weight is 325 g/mol. The number of hydrogen-bond acceptors (Lipinski definition) is 4. The van der Waals surface area contributed by atoms with Crippen molar-refractivity contribution in [3.63, 3.8) is 0 Å². The Hall–Kier alpha value is -0.920. The lowest BCUT2D eigenvalue weighted by molar-refractivity contribution is -0.0327. The summed E-state index contributed by atoms with van der Waals surface area (Å²) in [7, 11) is 0. The van der Waals surface area contributed by atoms with E-state index in [4.69, 9.17) is 11.6 Å². The lowest BCUT2D eigenvalue weighted by Gasteiger charge is -2.12. The Morgan fingerprint density at radius 1 is 1.32 bits per heavy atom. The molecule has 0 saturated heterocycles. The number of nitrogens with zero attached hydrogens (tertiary/aromatic N) is 1. The largest absolute Gasteiger partial charge is 0.446 e. The Bertz CT molecular complexity index is 557. The van der Waals surface area contributed by atoms with Crippen LogP contribution in [0.4, 0.5) is 18.9 Å². The van der Waals surface area contributed by atoms with Crippen molar-refractivity contribution in [1.29, 1.82) is 0 Å². The van der Waals surface area contributed by atoms with E-state index in [1.165, 1.54) is 23.6 Å². The molecule has 0 atom stereocenters. The van der Waals surface area contributed by atoms with Crippen molar-refractivity contribution in [2.75, 3.05) is 5.32 Å². The molecule has 1 heterocycles. The molecule has 2 nitrogen and oxygen atoms in total. The van der Waals surface area contributed by atoms with Crippen molar-refractivity contribution in [2.45, 2.75) is 16.9 Å². The van der Waals surface area contributed by atoms with Gasteiger partial charge in [0.1, 0.15) is 9.34 Å². The predicted molar refractivity (Wildman–Crippen MR) is 72.8 cm³/mol. The van der Waals surface area contributed by atoms with Crippen molar-refractivity contribution in [2.24, 2.45) is 0 Å². The molecular formula is C11H8ClF3N2S2. The minimum atomic E-state index is -4.30. The molecule has 2 aromatic rings. The summed E-state index contributed by atoms with van der Waals surface area (Å²) in [5, 5.41) is 3.65. The topological polar surface area (TPSA) is 24.9 Å². The van der Waals surface area contributed by atoms with E-state index in [0.29, 0.717) is 16.6 Å². The number of rotatable bonds is 4. The molecular weight excluding hydrogens is 317 g/mol. The smallest absolute Gasteiger partial charge is 0.378 e. The van der Waals surface area contributed by atoms with Gasteiger partial charge in [-0.05, 0) is 23.9 Å². The van der Waals surface area contributed by atoms with Crippen LogP contribution < -0.4 is 5.32 Å². The van der Waals surface area contributed by atoms with Crippen LogP contribution in [0.1, 0.15) is 5.01 Å². The summed E-state index contributed by atoms with van der Waals surface area (Å²) in [5.74, 6) is 0. The Morgan fingerprint density at radius 3 is 2.68 bits per heavy atom. The molecule has 0 aliphatic rings. The molecule has 0 radical (unpaired) electrons. The fraction of sp³-hybridized carbons (Fsp3) is 0.182. The average Bonchev–Trinajstić information content (AvgIpc) is 2.72. The first kappa shape index (κ1) is 14.5. The number of alkyl halides is 3. The quantitative estimate of drug-likeness (QED) is 0.799. The lowest BCUT2D eigenvalue weighted by atomic mass is 10.3. The zero-order valence-electron chi connectivity index (χ0n) is 9.37. The van der Waals surface area contributed by atoms with Crippen LogP contribution in [0.25, 0.3) is 0 Å². The number of anilines is 1. The second-order valence-corrected chi connectivity index (χ2v) is 6.31. The Morgan fingerprint density at radius 2 is 2.05 bits per heavy atom. The van der Waals surface area contributed by atoms with E-state index in [1.807, 2.05) is 0 Å². The third-order valence-electron chi connectivity index (χ3n) is 2.07. The Balaban J connectivity index is 2.07. The van der Waals surface area contributed by atoms with E-state index in [-0.39, 0.29) is 16.7 Å². The zero-order valence-corrected chi connectivity index (χ0v) is 11.8. The number of halogens is 4. The van der Waals surface area contributed by atoms with Gasteiger partial charge in [0.15, 0.2) is 0 Å². The molecule has 0 fully saturated rings. The first-order chi connectivity index (χ1) is 8.94. The van der Waals surface area contributed by atoms with Crippen LogP contribution >= 0.6 is 34.7 Å². The van der Waals surface area contributed by atoms with Gasteiger partial charge >= 0.3 is 5.51 Å². The molecule has 102 valence electrons. The SMILES string of the molecule is FC(F)(F)Sc1ccccc1NCc1ncc(Cl)s1. The van der Waals surface area contributed by atoms with E-state index in [9.17, 15) is 13.2 Å². The maximum absolute atomic E-state index is 12.4. The van der Waals surface area contributed by atoms with Gasteiger partial charge in [-0.25, -0.2) is 4.98 Å². The molecule has 0 amide bonds. The van der Waals surface area contributed by atoms with Crippen LogP contribution in [-0.4, -0.2) is 10.5 Å². The van der Waals surface area contributed by atoms with Crippen molar-refractivity contribution >= 4 is 40.4 Å². The van der Waals surface area contributed by atoms with Gasteiger partial charge in [-0.2, -0.15) is 13.2 Å². The van der Waals surface area contributed by atoms with Gasteiger partial charge in [-0.1, -0.05) is 23.7 Å². The molecule has 2 rings (SSSR count). The van der Waals surface area contributed by atoms with E-state index >= 15 is 0 Å². The van der Waals surface area contributed by atoms with Crippen LogP contribution in [-0.2, 0) is 6.54 Å². The third kappa shape index (κ3) is 4.59. The number of nitrogens with one attached hydrogen (secondary N) is 1. The van der Waals surface area contributed by atoms with E-state index in [0.717, 1.165) is 5.01 Å². The number of aromatic nitrogens is 1. The minimum Gasteiger partial charge on any atom is -0.378 e. The van der Waals surface area contributed by atoms with Crippen molar-refractivity contribution in [1.82, 2.24) is 4.98 Å². The van der Waals surface area contributed by atoms with Crippen LogP contribution in [0.2, 0.25) is 4.34 Å². The highest BCUT2D eigenvalue weighted by Crippen LogP contribution is 2.40. The van der Waals surface area contributed by atoms with Gasteiger partial charge in [0.05, 0.1) is 12.7 Å². The third-order valence-corrected chi connectivity index (χ3v) is 3.99. The molecule has 0 saturated carbocycles. The highest BCUT2D eigenvalue weighted by atomic mass is 35.5. The van der Waals surface area contributed by atoms with Gasteiger partial charge in [0, 0.05) is 10.6 Å². The number of benzene rings is 1. The van der Waals surface area contributed by atoms with Gasteiger partial charge in [-0.15, -0.1) is 11.3 Å². The summed E-state index contributed by atoms with van der Waals surface area (Å²) in [6, 6.07) is 6.27. The highest BCUT2D eigenvalue weighted by Gasteiger charge is 2.30. The van der Waals surface area contributed by atoms with E-state index < -0.39 is 5.51 Å². The Labute approximate surface area is 121 Å². The number of hydrogen-bond donors (Lipinski definition) is 1. The molecule has 19 heavy (non-hydrogen) atoms. The second kappa shape index (κ2) is 6.02. The molecule has 8 heteroatoms. The minimum absolute atomic E-state index is 0.137. The predicted octanol–water partition coefficient (Wildman–Crippen LogP) is 5.02. The zero-order chi connectivity index (χ0) is 13.9. The maximum Gasteiger partial charge on any atom is 0.446 e. The van der Waals surface area contributed by atoms with Gasteiger partial charge in [0.25, 0.3) is 0 Å².